The molecule has 0 aliphatic heterocycles. The lowest BCUT2D eigenvalue weighted by molar-refractivity contribution is 0.910. The van der Waals surface area contributed by atoms with Gasteiger partial charge in [0, 0.05) is 0 Å². The topological polar surface area (TPSA) is 23.8 Å². The van der Waals surface area contributed by atoms with Crippen molar-refractivity contribution in [2.75, 3.05) is 0 Å². The first-order chi connectivity index (χ1) is 6.83. The molecule has 0 radical (unpaired) electrons. The lowest BCUT2D eigenvalue weighted by Crippen LogP contribution is -2.04. The normalized spacial score (nSPS) is 16.4. The predicted molar refractivity (Wildman–Crippen MR) is 57.5 cm³/mol. The minimum absolute atomic E-state index is 0.0106. The van der Waals surface area contributed by atoms with Gasteiger partial charge in [-0.05, 0) is 36.5 Å². The summed E-state index contributed by atoms with van der Waals surface area (Å²) in [5.74, 6) is 0.0106. The van der Waals surface area contributed by atoms with Gasteiger partial charge in [0.25, 0.3) is 0 Å². The second-order valence-corrected chi connectivity index (χ2v) is 3.71. The number of fused-ring (bicyclic) bond motifs is 1. The van der Waals surface area contributed by atoms with Crippen LogP contribution in [0.15, 0.2) is 30.3 Å². The number of hydrogen-bond acceptors (Lipinski definition) is 1. The van der Waals surface area contributed by atoms with Gasteiger partial charge in [-0.25, -0.2) is 0 Å². The summed E-state index contributed by atoms with van der Waals surface area (Å²) in [5.41, 5.74) is 3.86. The van der Waals surface area contributed by atoms with E-state index in [1.165, 1.54) is 16.7 Å². The van der Waals surface area contributed by atoms with Crippen molar-refractivity contribution in [1.29, 1.82) is 5.26 Å². The van der Waals surface area contributed by atoms with Crippen LogP contribution in [0.25, 0.3) is 5.57 Å². The smallest absolute Gasteiger partial charge is 0.0701 e. The maximum atomic E-state index is 8.92. The van der Waals surface area contributed by atoms with Gasteiger partial charge in [-0.15, -0.1) is 0 Å². The van der Waals surface area contributed by atoms with E-state index in [9.17, 15) is 0 Å². The Balaban J connectivity index is 2.46. The summed E-state index contributed by atoms with van der Waals surface area (Å²) in [4.78, 5) is 0. The summed E-state index contributed by atoms with van der Waals surface area (Å²) in [6.07, 6.45) is 4.38. The van der Waals surface area contributed by atoms with E-state index in [2.05, 4.69) is 30.3 Å². The van der Waals surface area contributed by atoms with Crippen molar-refractivity contribution in [3.63, 3.8) is 0 Å². The zero-order valence-corrected chi connectivity index (χ0v) is 8.33. The zero-order chi connectivity index (χ0) is 9.97. The second kappa shape index (κ2) is 3.67. The lowest BCUT2D eigenvalue weighted by Gasteiger charge is -2.18. The molecule has 0 amide bonds. The summed E-state index contributed by atoms with van der Waals surface area (Å²) in [6, 6.07) is 10.7. The SMILES string of the molecule is C[C@@H](C#N)C1=CCCc2ccccc21. The van der Waals surface area contributed by atoms with E-state index >= 15 is 0 Å². The quantitative estimate of drug-likeness (QED) is 0.656. The number of rotatable bonds is 1. The molecule has 0 saturated carbocycles. The van der Waals surface area contributed by atoms with Crippen LogP contribution in [0, 0.1) is 17.2 Å². The van der Waals surface area contributed by atoms with E-state index in [1.807, 2.05) is 13.0 Å². The zero-order valence-electron chi connectivity index (χ0n) is 8.33. The highest BCUT2D eigenvalue weighted by molar-refractivity contribution is 5.73. The molecule has 1 aliphatic carbocycles. The second-order valence-electron chi connectivity index (χ2n) is 3.71. The maximum absolute atomic E-state index is 8.92. The Labute approximate surface area is 84.7 Å². The Morgan fingerprint density at radius 2 is 2.14 bits per heavy atom. The Bertz CT molecular complexity index is 409. The van der Waals surface area contributed by atoms with E-state index in [1.54, 1.807) is 0 Å². The van der Waals surface area contributed by atoms with Gasteiger partial charge in [0.05, 0.1) is 12.0 Å². The highest BCUT2D eigenvalue weighted by Crippen LogP contribution is 2.31. The van der Waals surface area contributed by atoms with Gasteiger partial charge in [-0.3, -0.25) is 0 Å². The molecule has 0 heterocycles. The number of aryl methyl sites for hydroxylation is 1. The van der Waals surface area contributed by atoms with Crippen LogP contribution >= 0.6 is 0 Å². The van der Waals surface area contributed by atoms with Crippen LogP contribution in [-0.4, -0.2) is 0 Å². The van der Waals surface area contributed by atoms with Crippen LogP contribution in [0.1, 0.15) is 24.5 Å². The molecule has 1 atom stereocenters. The van der Waals surface area contributed by atoms with Crippen LogP contribution in [0.4, 0.5) is 0 Å². The standard InChI is InChI=1S/C13H13N/c1-10(9-14)12-8-4-6-11-5-2-3-7-13(11)12/h2-3,5,7-8,10H,4,6H2,1H3/t10-/m0/s1. The van der Waals surface area contributed by atoms with Crippen molar-refractivity contribution in [3.8, 4) is 6.07 Å². The Morgan fingerprint density at radius 1 is 1.36 bits per heavy atom. The van der Waals surface area contributed by atoms with E-state index in [0.717, 1.165) is 12.8 Å². The third-order valence-electron chi connectivity index (χ3n) is 2.77. The van der Waals surface area contributed by atoms with Crippen molar-refractivity contribution in [2.45, 2.75) is 19.8 Å². The predicted octanol–water partition coefficient (Wildman–Crippen LogP) is 3.18. The molecule has 2 rings (SSSR count). The monoisotopic (exact) mass is 183 g/mol. The largest absolute Gasteiger partial charge is 0.198 e. The lowest BCUT2D eigenvalue weighted by atomic mass is 9.85. The minimum Gasteiger partial charge on any atom is -0.198 e. The Morgan fingerprint density at radius 3 is 2.93 bits per heavy atom. The van der Waals surface area contributed by atoms with Gasteiger partial charge in [-0.1, -0.05) is 30.3 Å². The average Bonchev–Trinajstić information content (AvgIpc) is 2.27. The molecule has 1 nitrogen and oxygen atoms in total. The third kappa shape index (κ3) is 1.44. The van der Waals surface area contributed by atoms with Gasteiger partial charge < -0.3 is 0 Å². The Hall–Kier alpha value is -1.55. The van der Waals surface area contributed by atoms with E-state index in [4.69, 9.17) is 5.26 Å². The van der Waals surface area contributed by atoms with E-state index in [-0.39, 0.29) is 5.92 Å². The summed E-state index contributed by atoms with van der Waals surface area (Å²) < 4.78 is 0. The molecule has 0 aromatic heterocycles. The average molecular weight is 183 g/mol. The van der Waals surface area contributed by atoms with Gasteiger partial charge >= 0.3 is 0 Å². The summed E-state index contributed by atoms with van der Waals surface area (Å²) >= 11 is 0. The highest BCUT2D eigenvalue weighted by atomic mass is 14.3. The number of nitrogens with zero attached hydrogens (tertiary/aromatic N) is 1. The van der Waals surface area contributed by atoms with Crippen molar-refractivity contribution in [3.05, 3.63) is 41.5 Å². The summed E-state index contributed by atoms with van der Waals surface area (Å²) in [7, 11) is 0. The van der Waals surface area contributed by atoms with Crippen molar-refractivity contribution < 1.29 is 0 Å². The molecule has 1 heteroatoms. The number of allylic oxidation sites excluding steroid dienone is 2. The van der Waals surface area contributed by atoms with E-state index in [0.29, 0.717) is 0 Å². The van der Waals surface area contributed by atoms with Crippen LogP contribution in [0.5, 0.6) is 0 Å². The van der Waals surface area contributed by atoms with Crippen molar-refractivity contribution in [2.24, 2.45) is 5.92 Å². The molecular weight excluding hydrogens is 170 g/mol. The summed E-state index contributed by atoms with van der Waals surface area (Å²) in [5, 5.41) is 8.92. The van der Waals surface area contributed by atoms with Gasteiger partial charge in [0.2, 0.25) is 0 Å². The molecule has 14 heavy (non-hydrogen) atoms. The minimum atomic E-state index is 0.0106. The molecule has 1 aliphatic rings. The molecule has 0 unspecified atom stereocenters. The van der Waals surface area contributed by atoms with Crippen LogP contribution in [0.2, 0.25) is 0 Å². The molecule has 0 saturated heterocycles. The fourth-order valence-corrected chi connectivity index (χ4v) is 1.99. The van der Waals surface area contributed by atoms with Gasteiger partial charge in [-0.2, -0.15) is 5.26 Å². The molecular formula is C13H13N. The van der Waals surface area contributed by atoms with Crippen LogP contribution in [0.3, 0.4) is 0 Å². The first-order valence-electron chi connectivity index (χ1n) is 5.01. The van der Waals surface area contributed by atoms with Crippen molar-refractivity contribution >= 4 is 5.57 Å². The Kier molecular flexibility index (Phi) is 2.37. The summed E-state index contributed by atoms with van der Waals surface area (Å²) in [6.45, 7) is 1.97. The number of hydrogen-bond donors (Lipinski definition) is 0. The molecule has 0 bridgehead atoms. The first-order valence-corrected chi connectivity index (χ1v) is 5.01. The number of nitriles is 1. The molecule has 0 spiro atoms. The van der Waals surface area contributed by atoms with Crippen molar-refractivity contribution in [1.82, 2.24) is 0 Å². The van der Waals surface area contributed by atoms with Gasteiger partial charge in [0.15, 0.2) is 0 Å². The fourth-order valence-electron chi connectivity index (χ4n) is 1.99. The molecule has 0 N–H and O–H groups in total. The number of benzene rings is 1. The highest BCUT2D eigenvalue weighted by Gasteiger charge is 2.16. The molecule has 70 valence electrons. The fraction of sp³-hybridized carbons (Fsp3) is 0.308. The first kappa shape index (κ1) is 9.02. The van der Waals surface area contributed by atoms with Gasteiger partial charge in [0.1, 0.15) is 0 Å². The maximum Gasteiger partial charge on any atom is 0.0701 e. The van der Waals surface area contributed by atoms with E-state index < -0.39 is 0 Å². The van der Waals surface area contributed by atoms with Crippen LogP contribution < -0.4 is 0 Å². The molecule has 1 aromatic carbocycles. The van der Waals surface area contributed by atoms with Crippen LogP contribution in [-0.2, 0) is 6.42 Å². The molecule has 1 aromatic rings. The third-order valence-corrected chi connectivity index (χ3v) is 2.77. The molecule has 0 fully saturated rings.